The fourth-order valence-corrected chi connectivity index (χ4v) is 4.27. The zero-order valence-corrected chi connectivity index (χ0v) is 17.7. The van der Waals surface area contributed by atoms with Crippen LogP contribution in [0.4, 0.5) is 11.4 Å². The first-order valence-electron chi connectivity index (χ1n) is 9.25. The van der Waals surface area contributed by atoms with Gasteiger partial charge in [0.2, 0.25) is 0 Å². The monoisotopic (exact) mass is 408 g/mol. The molecule has 0 aromatic heterocycles. The van der Waals surface area contributed by atoms with Gasteiger partial charge in [0.1, 0.15) is 0 Å². The van der Waals surface area contributed by atoms with E-state index >= 15 is 0 Å². The number of sulfonamides is 1. The molecule has 150 valence electrons. The summed E-state index contributed by atoms with van der Waals surface area (Å²) in [5, 5.41) is 2.87. The van der Waals surface area contributed by atoms with Crippen molar-refractivity contribution in [1.29, 1.82) is 0 Å². The third kappa shape index (κ3) is 4.66. The number of nitrogens with one attached hydrogen (secondary N) is 2. The number of aryl methyl sites for hydroxylation is 3. The van der Waals surface area contributed by atoms with Crippen LogP contribution < -0.4 is 10.0 Å². The molecule has 3 rings (SSSR count). The third-order valence-corrected chi connectivity index (χ3v) is 6.42. The number of carbonyl (C=O) groups excluding carboxylic acids is 1. The lowest BCUT2D eigenvalue weighted by atomic mass is 10.1. The molecule has 0 aliphatic rings. The lowest BCUT2D eigenvalue weighted by molar-refractivity contribution is 0.102. The second-order valence-corrected chi connectivity index (χ2v) is 8.80. The predicted octanol–water partition coefficient (Wildman–Crippen LogP) is 4.97. The van der Waals surface area contributed by atoms with Crippen molar-refractivity contribution in [2.75, 3.05) is 10.0 Å². The Morgan fingerprint density at radius 2 is 1.52 bits per heavy atom. The molecule has 0 aliphatic carbocycles. The molecule has 0 saturated carbocycles. The van der Waals surface area contributed by atoms with Crippen LogP contribution in [0.25, 0.3) is 0 Å². The largest absolute Gasteiger partial charge is 0.322 e. The summed E-state index contributed by atoms with van der Waals surface area (Å²) in [7, 11) is -3.83. The first kappa shape index (κ1) is 20.6. The summed E-state index contributed by atoms with van der Waals surface area (Å²) in [5.74, 6) is -0.356. The second kappa shape index (κ2) is 8.09. The van der Waals surface area contributed by atoms with E-state index in [0.717, 1.165) is 16.7 Å². The molecular formula is C23H24N2O3S. The molecule has 6 heteroatoms. The van der Waals surface area contributed by atoms with E-state index in [1.165, 1.54) is 6.07 Å². The van der Waals surface area contributed by atoms with Gasteiger partial charge in [-0.15, -0.1) is 0 Å². The van der Waals surface area contributed by atoms with Crippen molar-refractivity contribution in [3.05, 3.63) is 88.5 Å². The maximum Gasteiger partial charge on any atom is 0.262 e. The fourth-order valence-electron chi connectivity index (χ4n) is 2.94. The average molecular weight is 409 g/mol. The molecule has 0 spiro atoms. The van der Waals surface area contributed by atoms with Gasteiger partial charge in [-0.1, -0.05) is 35.9 Å². The predicted molar refractivity (Wildman–Crippen MR) is 117 cm³/mol. The third-order valence-electron chi connectivity index (χ3n) is 4.90. The molecule has 0 bridgehead atoms. The first-order chi connectivity index (χ1) is 13.7. The van der Waals surface area contributed by atoms with E-state index in [0.29, 0.717) is 16.9 Å². The Hall–Kier alpha value is -3.12. The van der Waals surface area contributed by atoms with Gasteiger partial charge in [-0.2, -0.15) is 0 Å². The Morgan fingerprint density at radius 1 is 0.828 bits per heavy atom. The van der Waals surface area contributed by atoms with Gasteiger partial charge in [-0.3, -0.25) is 9.52 Å². The van der Waals surface area contributed by atoms with E-state index in [1.807, 2.05) is 51.1 Å². The van der Waals surface area contributed by atoms with Crippen molar-refractivity contribution in [1.82, 2.24) is 0 Å². The molecule has 0 aliphatic heterocycles. The highest BCUT2D eigenvalue weighted by atomic mass is 32.2. The van der Waals surface area contributed by atoms with Crippen molar-refractivity contribution in [2.45, 2.75) is 32.6 Å². The molecule has 29 heavy (non-hydrogen) atoms. The van der Waals surface area contributed by atoms with Gasteiger partial charge >= 0.3 is 0 Å². The van der Waals surface area contributed by atoms with E-state index in [4.69, 9.17) is 0 Å². The highest BCUT2D eigenvalue weighted by molar-refractivity contribution is 7.92. The average Bonchev–Trinajstić information content (AvgIpc) is 2.67. The molecule has 1 amide bonds. The Morgan fingerprint density at radius 3 is 2.21 bits per heavy atom. The Balaban J connectivity index is 1.89. The minimum atomic E-state index is -3.83. The molecule has 0 atom stereocenters. The zero-order valence-electron chi connectivity index (χ0n) is 16.9. The van der Waals surface area contributed by atoms with Crippen molar-refractivity contribution < 1.29 is 13.2 Å². The molecule has 0 saturated heterocycles. The summed E-state index contributed by atoms with van der Waals surface area (Å²) in [6, 6.07) is 17.4. The Bertz CT molecular complexity index is 1170. The first-order valence-corrected chi connectivity index (χ1v) is 10.7. The van der Waals surface area contributed by atoms with Crippen molar-refractivity contribution >= 4 is 27.3 Å². The molecule has 5 nitrogen and oxygen atoms in total. The highest BCUT2D eigenvalue weighted by Gasteiger charge is 2.20. The maximum atomic E-state index is 12.9. The van der Waals surface area contributed by atoms with Gasteiger partial charge in [0.15, 0.2) is 0 Å². The molecule has 0 fully saturated rings. The summed E-state index contributed by atoms with van der Waals surface area (Å²) >= 11 is 0. The quantitative estimate of drug-likeness (QED) is 0.626. The van der Waals surface area contributed by atoms with Gasteiger partial charge in [-0.25, -0.2) is 8.42 Å². The Labute approximate surface area is 171 Å². The van der Waals surface area contributed by atoms with Crippen molar-refractivity contribution in [3.63, 3.8) is 0 Å². The summed E-state index contributed by atoms with van der Waals surface area (Å²) < 4.78 is 28.4. The number of hydrogen-bond acceptors (Lipinski definition) is 3. The molecular weight excluding hydrogens is 384 g/mol. The van der Waals surface area contributed by atoms with Gasteiger partial charge in [0.25, 0.3) is 15.9 Å². The molecule has 3 aromatic carbocycles. The van der Waals surface area contributed by atoms with Crippen LogP contribution in [0.5, 0.6) is 0 Å². The van der Waals surface area contributed by atoms with E-state index in [-0.39, 0.29) is 16.4 Å². The van der Waals surface area contributed by atoms with Crippen LogP contribution in [0.2, 0.25) is 0 Å². The topological polar surface area (TPSA) is 75.3 Å². The van der Waals surface area contributed by atoms with E-state index in [2.05, 4.69) is 10.0 Å². The summed E-state index contributed by atoms with van der Waals surface area (Å²) in [6.45, 7) is 7.54. The molecule has 3 aromatic rings. The standard InChI is InChI=1S/C23H24N2O3S/c1-15-8-12-20(13-9-15)25-29(27,28)22-14-19(11-10-17(22)3)23(26)24-21-7-5-6-16(2)18(21)4/h5-14,25H,1-4H3,(H,24,26). The maximum absolute atomic E-state index is 12.9. The molecule has 0 unspecified atom stereocenters. The smallest absolute Gasteiger partial charge is 0.262 e. The minimum absolute atomic E-state index is 0.0756. The summed E-state index contributed by atoms with van der Waals surface area (Å²) in [6.07, 6.45) is 0. The number of anilines is 2. The van der Waals surface area contributed by atoms with Crippen molar-refractivity contribution in [2.24, 2.45) is 0 Å². The van der Waals surface area contributed by atoms with Crippen LogP contribution in [0.3, 0.4) is 0 Å². The second-order valence-electron chi connectivity index (χ2n) is 7.15. The number of amides is 1. The Kier molecular flexibility index (Phi) is 5.75. The number of rotatable bonds is 5. The van der Waals surface area contributed by atoms with Crippen LogP contribution >= 0.6 is 0 Å². The number of carbonyl (C=O) groups is 1. The van der Waals surface area contributed by atoms with Gasteiger partial charge < -0.3 is 5.32 Å². The van der Waals surface area contributed by atoms with Gasteiger partial charge in [0, 0.05) is 16.9 Å². The lowest BCUT2D eigenvalue weighted by Crippen LogP contribution is -2.17. The molecule has 2 N–H and O–H groups in total. The SMILES string of the molecule is Cc1ccc(NS(=O)(=O)c2cc(C(=O)Nc3cccc(C)c3C)ccc2C)cc1. The van der Waals surface area contributed by atoms with Gasteiger partial charge in [0.05, 0.1) is 4.90 Å². The summed E-state index contributed by atoms with van der Waals surface area (Å²) in [5.41, 5.74) is 5.10. The minimum Gasteiger partial charge on any atom is -0.322 e. The highest BCUT2D eigenvalue weighted by Crippen LogP contribution is 2.23. The van der Waals surface area contributed by atoms with Crippen LogP contribution in [-0.2, 0) is 10.0 Å². The fraction of sp³-hybridized carbons (Fsp3) is 0.174. The number of hydrogen-bond donors (Lipinski definition) is 2. The van der Waals surface area contributed by atoms with E-state index < -0.39 is 10.0 Å². The molecule has 0 heterocycles. The van der Waals surface area contributed by atoms with Crippen LogP contribution in [0.15, 0.2) is 65.6 Å². The normalized spacial score (nSPS) is 11.2. The van der Waals surface area contributed by atoms with E-state index in [1.54, 1.807) is 31.2 Å². The molecule has 0 radical (unpaired) electrons. The lowest BCUT2D eigenvalue weighted by Gasteiger charge is -2.13. The van der Waals surface area contributed by atoms with Crippen molar-refractivity contribution in [3.8, 4) is 0 Å². The van der Waals surface area contributed by atoms with Gasteiger partial charge in [-0.05, 0) is 74.7 Å². The van der Waals surface area contributed by atoms with Crippen LogP contribution in [0, 0.1) is 27.7 Å². The van der Waals surface area contributed by atoms with E-state index in [9.17, 15) is 13.2 Å². The van der Waals surface area contributed by atoms with Crippen LogP contribution in [-0.4, -0.2) is 14.3 Å². The van der Waals surface area contributed by atoms with Crippen LogP contribution in [0.1, 0.15) is 32.6 Å². The number of benzene rings is 3. The summed E-state index contributed by atoms with van der Waals surface area (Å²) in [4.78, 5) is 12.8. The zero-order chi connectivity index (χ0) is 21.2.